The van der Waals surface area contributed by atoms with Gasteiger partial charge < -0.3 is 9.84 Å². The van der Waals surface area contributed by atoms with Gasteiger partial charge in [0.05, 0.1) is 11.6 Å². The number of rotatable bonds is 7. The molecule has 0 aliphatic heterocycles. The Morgan fingerprint density at radius 3 is 2.41 bits per heavy atom. The number of phenolic OH excluding ortho intramolecular Hbond substituents is 1. The van der Waals surface area contributed by atoms with Crippen molar-refractivity contribution < 1.29 is 9.84 Å². The van der Waals surface area contributed by atoms with Crippen LogP contribution in [0.1, 0.15) is 33.1 Å². The number of hydrogen-bond acceptors (Lipinski definition) is 2. The molecule has 0 aliphatic rings. The standard InChI is InChI=1S/C19H23ClO2/c1-3-14(2)5-4-12-22-19-11-8-16(13-18(19)20)15-6-9-17(21)10-7-15/h6-11,13-14,21H,3-5,12H2,1-2H3/t14-/m0/s1. The van der Waals surface area contributed by atoms with Crippen LogP contribution in [0, 0.1) is 5.92 Å². The van der Waals surface area contributed by atoms with E-state index in [9.17, 15) is 5.11 Å². The van der Waals surface area contributed by atoms with E-state index in [0.717, 1.165) is 29.2 Å². The number of benzene rings is 2. The monoisotopic (exact) mass is 318 g/mol. The number of halogens is 1. The summed E-state index contributed by atoms with van der Waals surface area (Å²) >= 11 is 6.30. The second-order valence-corrected chi connectivity index (χ2v) is 6.10. The summed E-state index contributed by atoms with van der Waals surface area (Å²) in [6.07, 6.45) is 3.44. The van der Waals surface area contributed by atoms with Crippen LogP contribution in [0.5, 0.6) is 11.5 Å². The summed E-state index contributed by atoms with van der Waals surface area (Å²) < 4.78 is 5.77. The zero-order valence-corrected chi connectivity index (χ0v) is 13.9. The first-order chi connectivity index (χ1) is 10.6. The average Bonchev–Trinajstić information content (AvgIpc) is 2.53. The van der Waals surface area contributed by atoms with Gasteiger partial charge in [-0.15, -0.1) is 0 Å². The molecule has 0 radical (unpaired) electrons. The highest BCUT2D eigenvalue weighted by Crippen LogP contribution is 2.31. The first kappa shape index (κ1) is 16.7. The lowest BCUT2D eigenvalue weighted by Gasteiger charge is -2.11. The second-order valence-electron chi connectivity index (χ2n) is 5.70. The minimum atomic E-state index is 0.260. The lowest BCUT2D eigenvalue weighted by molar-refractivity contribution is 0.294. The van der Waals surface area contributed by atoms with E-state index in [1.54, 1.807) is 12.1 Å². The Bertz CT molecular complexity index is 593. The molecular weight excluding hydrogens is 296 g/mol. The lowest BCUT2D eigenvalue weighted by Crippen LogP contribution is -2.01. The Hall–Kier alpha value is -1.67. The van der Waals surface area contributed by atoms with Gasteiger partial charge in [-0.25, -0.2) is 0 Å². The second kappa shape index (κ2) is 8.09. The quantitative estimate of drug-likeness (QED) is 0.642. The molecule has 2 aromatic carbocycles. The smallest absolute Gasteiger partial charge is 0.137 e. The first-order valence-corrected chi connectivity index (χ1v) is 8.19. The molecule has 2 aromatic rings. The zero-order chi connectivity index (χ0) is 15.9. The van der Waals surface area contributed by atoms with Gasteiger partial charge in [0.2, 0.25) is 0 Å². The van der Waals surface area contributed by atoms with Crippen LogP contribution in [-0.2, 0) is 0 Å². The van der Waals surface area contributed by atoms with Gasteiger partial charge in [0.15, 0.2) is 0 Å². The summed E-state index contributed by atoms with van der Waals surface area (Å²) in [5, 5.41) is 9.95. The van der Waals surface area contributed by atoms with E-state index < -0.39 is 0 Å². The molecule has 0 amide bonds. The Morgan fingerprint density at radius 1 is 1.09 bits per heavy atom. The van der Waals surface area contributed by atoms with Crippen LogP contribution in [0.4, 0.5) is 0 Å². The third-order valence-electron chi connectivity index (χ3n) is 3.93. The summed E-state index contributed by atoms with van der Waals surface area (Å²) in [4.78, 5) is 0. The maximum Gasteiger partial charge on any atom is 0.137 e. The molecule has 0 saturated heterocycles. The van der Waals surface area contributed by atoms with Crippen molar-refractivity contribution in [1.82, 2.24) is 0 Å². The number of ether oxygens (including phenoxy) is 1. The molecule has 118 valence electrons. The van der Waals surface area contributed by atoms with Crippen molar-refractivity contribution in [2.45, 2.75) is 33.1 Å². The van der Waals surface area contributed by atoms with Crippen molar-refractivity contribution in [3.8, 4) is 22.6 Å². The van der Waals surface area contributed by atoms with Crippen molar-refractivity contribution in [2.75, 3.05) is 6.61 Å². The van der Waals surface area contributed by atoms with Crippen LogP contribution in [-0.4, -0.2) is 11.7 Å². The van der Waals surface area contributed by atoms with Crippen LogP contribution in [0.15, 0.2) is 42.5 Å². The van der Waals surface area contributed by atoms with Crippen LogP contribution < -0.4 is 4.74 Å². The topological polar surface area (TPSA) is 29.5 Å². The Labute approximate surface area is 137 Å². The summed E-state index contributed by atoms with van der Waals surface area (Å²) in [7, 11) is 0. The lowest BCUT2D eigenvalue weighted by atomic mass is 10.0. The first-order valence-electron chi connectivity index (χ1n) is 7.82. The maximum absolute atomic E-state index is 9.33. The molecular formula is C19H23ClO2. The fraction of sp³-hybridized carbons (Fsp3) is 0.368. The molecule has 1 atom stereocenters. The minimum absolute atomic E-state index is 0.260. The summed E-state index contributed by atoms with van der Waals surface area (Å²) in [5.74, 6) is 1.74. The fourth-order valence-corrected chi connectivity index (χ4v) is 2.50. The van der Waals surface area contributed by atoms with Gasteiger partial charge in [-0.3, -0.25) is 0 Å². The predicted molar refractivity (Wildman–Crippen MR) is 92.7 cm³/mol. The van der Waals surface area contributed by atoms with Crippen LogP contribution in [0.2, 0.25) is 5.02 Å². The molecule has 0 aromatic heterocycles. The van der Waals surface area contributed by atoms with E-state index in [4.69, 9.17) is 16.3 Å². The van der Waals surface area contributed by atoms with E-state index in [1.807, 2.05) is 30.3 Å². The van der Waals surface area contributed by atoms with E-state index in [0.29, 0.717) is 11.6 Å². The van der Waals surface area contributed by atoms with E-state index >= 15 is 0 Å². The molecule has 2 nitrogen and oxygen atoms in total. The van der Waals surface area contributed by atoms with Crippen molar-refractivity contribution in [3.05, 3.63) is 47.5 Å². The third kappa shape index (κ3) is 4.67. The Morgan fingerprint density at radius 2 is 1.77 bits per heavy atom. The SMILES string of the molecule is CC[C@H](C)CCCOc1ccc(-c2ccc(O)cc2)cc1Cl. The summed E-state index contributed by atoms with van der Waals surface area (Å²) in [6, 6.07) is 12.9. The van der Waals surface area contributed by atoms with Gasteiger partial charge in [0.1, 0.15) is 11.5 Å². The fourth-order valence-electron chi connectivity index (χ4n) is 2.27. The van der Waals surface area contributed by atoms with Crippen LogP contribution in [0.25, 0.3) is 11.1 Å². The molecule has 0 unspecified atom stereocenters. The van der Waals surface area contributed by atoms with Gasteiger partial charge >= 0.3 is 0 Å². The molecule has 0 saturated carbocycles. The molecule has 0 fully saturated rings. The highest BCUT2D eigenvalue weighted by molar-refractivity contribution is 6.32. The van der Waals surface area contributed by atoms with Gasteiger partial charge in [0.25, 0.3) is 0 Å². The summed E-state index contributed by atoms with van der Waals surface area (Å²) in [5.41, 5.74) is 2.03. The molecule has 0 bridgehead atoms. The summed E-state index contributed by atoms with van der Waals surface area (Å²) in [6.45, 7) is 5.17. The number of phenols is 1. The van der Waals surface area contributed by atoms with Crippen molar-refractivity contribution >= 4 is 11.6 Å². The van der Waals surface area contributed by atoms with Gasteiger partial charge in [-0.1, -0.05) is 50.1 Å². The molecule has 2 rings (SSSR count). The van der Waals surface area contributed by atoms with Crippen LogP contribution in [0.3, 0.4) is 0 Å². The largest absolute Gasteiger partial charge is 0.508 e. The highest BCUT2D eigenvalue weighted by atomic mass is 35.5. The van der Waals surface area contributed by atoms with Gasteiger partial charge in [0, 0.05) is 0 Å². The van der Waals surface area contributed by atoms with Gasteiger partial charge in [-0.2, -0.15) is 0 Å². The maximum atomic E-state index is 9.33. The Kier molecular flexibility index (Phi) is 6.14. The van der Waals surface area contributed by atoms with E-state index in [-0.39, 0.29) is 5.75 Å². The number of hydrogen-bond donors (Lipinski definition) is 1. The zero-order valence-electron chi connectivity index (χ0n) is 13.2. The van der Waals surface area contributed by atoms with Crippen molar-refractivity contribution in [2.24, 2.45) is 5.92 Å². The molecule has 0 heterocycles. The van der Waals surface area contributed by atoms with Crippen molar-refractivity contribution in [1.29, 1.82) is 0 Å². The molecule has 0 spiro atoms. The average molecular weight is 319 g/mol. The molecule has 22 heavy (non-hydrogen) atoms. The normalized spacial score (nSPS) is 12.1. The van der Waals surface area contributed by atoms with E-state index in [2.05, 4.69) is 13.8 Å². The Balaban J connectivity index is 1.96. The van der Waals surface area contributed by atoms with Gasteiger partial charge in [-0.05, 0) is 54.2 Å². The van der Waals surface area contributed by atoms with Crippen LogP contribution >= 0.6 is 11.6 Å². The van der Waals surface area contributed by atoms with Crippen molar-refractivity contribution in [3.63, 3.8) is 0 Å². The van der Waals surface area contributed by atoms with E-state index in [1.165, 1.54) is 12.8 Å². The molecule has 3 heteroatoms. The third-order valence-corrected chi connectivity index (χ3v) is 4.22. The molecule has 0 aliphatic carbocycles. The number of aromatic hydroxyl groups is 1. The minimum Gasteiger partial charge on any atom is -0.508 e. The highest BCUT2D eigenvalue weighted by Gasteiger charge is 2.06. The molecule has 1 N–H and O–H groups in total. The predicted octanol–water partition coefficient (Wildman–Crippen LogP) is 5.92.